The molecule has 0 amide bonds. The second-order valence-electron chi connectivity index (χ2n) is 9.28. The van der Waals surface area contributed by atoms with Gasteiger partial charge in [0.25, 0.3) is 0 Å². The van der Waals surface area contributed by atoms with Crippen molar-refractivity contribution in [3.8, 4) is 0 Å². The lowest BCUT2D eigenvalue weighted by atomic mass is 9.63. The molecular formula is C21H36. The van der Waals surface area contributed by atoms with Crippen LogP contribution in [0.2, 0.25) is 0 Å². The second kappa shape index (κ2) is 6.25. The van der Waals surface area contributed by atoms with Crippen LogP contribution in [0.3, 0.4) is 0 Å². The van der Waals surface area contributed by atoms with Crippen molar-refractivity contribution >= 4 is 0 Å². The first-order valence-corrected chi connectivity index (χ1v) is 10.3. The van der Waals surface area contributed by atoms with Gasteiger partial charge in [0.15, 0.2) is 0 Å². The normalized spacial score (nSPS) is 43.4. The predicted octanol–water partition coefficient (Wildman–Crippen LogP) is 6.73. The fourth-order valence-electron chi connectivity index (χ4n) is 6.27. The van der Waals surface area contributed by atoms with Crippen molar-refractivity contribution in [1.29, 1.82) is 0 Å². The summed E-state index contributed by atoms with van der Waals surface area (Å²) in [5.74, 6) is 4.57. The molecule has 0 nitrogen and oxygen atoms in total. The smallest absolute Gasteiger partial charge is 0.0297 e. The minimum absolute atomic E-state index is 0.837. The van der Waals surface area contributed by atoms with Crippen LogP contribution in [0.4, 0.5) is 0 Å². The quantitative estimate of drug-likeness (QED) is 0.463. The van der Waals surface area contributed by atoms with E-state index in [9.17, 15) is 0 Å². The first kappa shape index (κ1) is 14.6. The van der Waals surface area contributed by atoms with Gasteiger partial charge >= 0.3 is 0 Å². The molecule has 4 rings (SSSR count). The van der Waals surface area contributed by atoms with E-state index >= 15 is 0 Å². The maximum Gasteiger partial charge on any atom is -0.0297 e. The summed E-state index contributed by atoms with van der Waals surface area (Å²) in [6.45, 7) is 0. The number of hydrogen-bond donors (Lipinski definition) is 0. The molecule has 21 heavy (non-hydrogen) atoms. The van der Waals surface area contributed by atoms with E-state index in [0.717, 1.165) is 29.1 Å². The zero-order valence-electron chi connectivity index (χ0n) is 14.1. The Kier molecular flexibility index (Phi) is 4.34. The molecule has 0 aromatic rings. The van der Waals surface area contributed by atoms with E-state index in [1.54, 1.807) is 96.3 Å². The van der Waals surface area contributed by atoms with Crippen LogP contribution in [0.25, 0.3) is 0 Å². The zero-order valence-corrected chi connectivity index (χ0v) is 14.1. The molecule has 0 heteroatoms. The summed E-state index contributed by atoms with van der Waals surface area (Å²) in [5, 5.41) is 0. The van der Waals surface area contributed by atoms with E-state index < -0.39 is 0 Å². The van der Waals surface area contributed by atoms with Crippen molar-refractivity contribution in [2.75, 3.05) is 0 Å². The summed E-state index contributed by atoms with van der Waals surface area (Å²) >= 11 is 0. The van der Waals surface area contributed by atoms with Gasteiger partial charge in [-0.05, 0) is 74.0 Å². The molecule has 0 radical (unpaired) electrons. The van der Waals surface area contributed by atoms with Crippen molar-refractivity contribution in [3.05, 3.63) is 0 Å². The molecule has 4 aliphatic carbocycles. The summed E-state index contributed by atoms with van der Waals surface area (Å²) in [6.07, 6.45) is 25.2. The molecular weight excluding hydrogens is 252 g/mol. The van der Waals surface area contributed by atoms with Crippen LogP contribution in [0, 0.1) is 29.1 Å². The molecule has 4 aliphatic rings. The van der Waals surface area contributed by atoms with Crippen molar-refractivity contribution in [1.82, 2.24) is 0 Å². The SMILES string of the molecule is C1CCC2(CCCC3CC3CCC3CCCC3C1)CCC2. The van der Waals surface area contributed by atoms with Gasteiger partial charge in [-0.2, -0.15) is 0 Å². The molecule has 4 fully saturated rings. The summed E-state index contributed by atoms with van der Waals surface area (Å²) in [6, 6.07) is 0. The Balaban J connectivity index is 1.35. The number of rotatable bonds is 0. The number of fused-ring (bicyclic) bond motifs is 2. The van der Waals surface area contributed by atoms with Crippen LogP contribution in [0.1, 0.15) is 103 Å². The van der Waals surface area contributed by atoms with Crippen molar-refractivity contribution in [3.63, 3.8) is 0 Å². The first-order valence-electron chi connectivity index (χ1n) is 10.3. The summed E-state index contributed by atoms with van der Waals surface area (Å²) in [4.78, 5) is 0. The van der Waals surface area contributed by atoms with Crippen LogP contribution in [0.5, 0.6) is 0 Å². The van der Waals surface area contributed by atoms with E-state index in [0.29, 0.717) is 0 Å². The van der Waals surface area contributed by atoms with Crippen molar-refractivity contribution < 1.29 is 0 Å². The summed E-state index contributed by atoms with van der Waals surface area (Å²) < 4.78 is 0. The maximum atomic E-state index is 1.60. The van der Waals surface area contributed by atoms with E-state index in [4.69, 9.17) is 0 Å². The highest BCUT2D eigenvalue weighted by Crippen LogP contribution is 2.52. The predicted molar refractivity (Wildman–Crippen MR) is 90.3 cm³/mol. The van der Waals surface area contributed by atoms with Gasteiger partial charge < -0.3 is 0 Å². The van der Waals surface area contributed by atoms with Gasteiger partial charge in [0.05, 0.1) is 0 Å². The molecule has 0 heterocycles. The molecule has 4 unspecified atom stereocenters. The molecule has 0 bridgehead atoms. The van der Waals surface area contributed by atoms with E-state index in [1.807, 2.05) is 0 Å². The van der Waals surface area contributed by atoms with E-state index in [-0.39, 0.29) is 0 Å². The van der Waals surface area contributed by atoms with Gasteiger partial charge in [0.1, 0.15) is 0 Å². The maximum absolute atomic E-state index is 1.60. The molecule has 0 N–H and O–H groups in total. The topological polar surface area (TPSA) is 0 Å². The second-order valence-corrected chi connectivity index (χ2v) is 9.28. The van der Waals surface area contributed by atoms with Crippen LogP contribution >= 0.6 is 0 Å². The van der Waals surface area contributed by atoms with Gasteiger partial charge in [0, 0.05) is 0 Å². The van der Waals surface area contributed by atoms with Crippen LogP contribution < -0.4 is 0 Å². The molecule has 4 atom stereocenters. The Labute approximate surface area is 132 Å². The molecule has 120 valence electrons. The third-order valence-corrected chi connectivity index (χ3v) is 8.02. The monoisotopic (exact) mass is 288 g/mol. The standard InChI is InChI=1S/C21H36/c1-2-12-21(14-5-15-21)13-4-9-19-16-20(19)11-10-18-8-3-7-17(18)6-1/h17-20H,1-16H2. The average molecular weight is 289 g/mol. The van der Waals surface area contributed by atoms with Crippen LogP contribution in [-0.2, 0) is 0 Å². The Morgan fingerprint density at radius 3 is 1.81 bits per heavy atom. The van der Waals surface area contributed by atoms with Crippen LogP contribution in [-0.4, -0.2) is 0 Å². The minimum Gasteiger partial charge on any atom is -0.0530 e. The summed E-state index contributed by atoms with van der Waals surface area (Å²) in [7, 11) is 0. The largest absolute Gasteiger partial charge is 0.0530 e. The highest BCUT2D eigenvalue weighted by Gasteiger charge is 2.40. The molecule has 0 aromatic heterocycles. The van der Waals surface area contributed by atoms with Gasteiger partial charge in [-0.3, -0.25) is 0 Å². The highest BCUT2D eigenvalue weighted by atomic mass is 14.5. The van der Waals surface area contributed by atoms with Crippen molar-refractivity contribution in [2.24, 2.45) is 29.1 Å². The number of hydrogen-bond acceptors (Lipinski definition) is 0. The molecule has 1 spiro atoms. The molecule has 0 aromatic carbocycles. The average Bonchev–Trinajstić information content (AvgIpc) is 3.04. The third-order valence-electron chi connectivity index (χ3n) is 8.02. The van der Waals surface area contributed by atoms with E-state index in [1.165, 1.54) is 6.42 Å². The molecule has 0 saturated heterocycles. The lowest BCUT2D eigenvalue weighted by Gasteiger charge is -2.43. The Hall–Kier alpha value is 0. The Bertz CT molecular complexity index is 340. The van der Waals surface area contributed by atoms with Gasteiger partial charge in [0.2, 0.25) is 0 Å². The third kappa shape index (κ3) is 3.35. The first-order chi connectivity index (χ1) is 10.3. The van der Waals surface area contributed by atoms with Crippen molar-refractivity contribution in [2.45, 2.75) is 103 Å². The highest BCUT2D eigenvalue weighted by molar-refractivity contribution is 4.91. The zero-order chi connectivity index (χ0) is 14.1. The van der Waals surface area contributed by atoms with E-state index in [2.05, 4.69) is 0 Å². The van der Waals surface area contributed by atoms with Gasteiger partial charge in [-0.1, -0.05) is 57.8 Å². The minimum atomic E-state index is 0.837. The summed E-state index contributed by atoms with van der Waals surface area (Å²) in [5.41, 5.74) is 0.837. The Morgan fingerprint density at radius 1 is 0.429 bits per heavy atom. The van der Waals surface area contributed by atoms with Gasteiger partial charge in [-0.15, -0.1) is 0 Å². The molecule has 0 aliphatic heterocycles. The van der Waals surface area contributed by atoms with Crippen LogP contribution in [0.15, 0.2) is 0 Å². The Morgan fingerprint density at radius 2 is 1.00 bits per heavy atom. The fourth-order valence-corrected chi connectivity index (χ4v) is 6.27. The van der Waals surface area contributed by atoms with Gasteiger partial charge in [-0.25, -0.2) is 0 Å². The molecule has 4 saturated carbocycles. The fraction of sp³-hybridized carbons (Fsp3) is 1.00. The lowest BCUT2D eigenvalue weighted by molar-refractivity contribution is 0.0958. The lowest BCUT2D eigenvalue weighted by Crippen LogP contribution is -2.29.